The molecule has 0 radical (unpaired) electrons. The highest BCUT2D eigenvalue weighted by Gasteiger charge is 2.31. The van der Waals surface area contributed by atoms with E-state index >= 15 is 0 Å². The topological polar surface area (TPSA) is 76.4 Å². The molecule has 2 fully saturated rings. The van der Waals surface area contributed by atoms with Crippen molar-refractivity contribution in [2.75, 3.05) is 44.2 Å². The monoisotopic (exact) mass is 488 g/mol. The molecule has 8 heteroatoms. The maximum atomic E-state index is 13.4. The van der Waals surface area contributed by atoms with E-state index in [4.69, 9.17) is 5.26 Å². The zero-order valence-corrected chi connectivity index (χ0v) is 21.4. The van der Waals surface area contributed by atoms with E-state index in [0.717, 1.165) is 75.7 Å². The molecule has 35 heavy (non-hydrogen) atoms. The number of aromatic nitrogens is 2. The van der Waals surface area contributed by atoms with Gasteiger partial charge in [0.25, 0.3) is 0 Å². The fourth-order valence-corrected chi connectivity index (χ4v) is 6.28. The molecule has 0 atom stereocenters. The normalized spacial score (nSPS) is 18.0. The van der Waals surface area contributed by atoms with Crippen LogP contribution in [0.5, 0.6) is 0 Å². The van der Waals surface area contributed by atoms with Gasteiger partial charge >= 0.3 is 0 Å². The van der Waals surface area contributed by atoms with Crippen molar-refractivity contribution < 1.29 is 4.79 Å². The zero-order chi connectivity index (χ0) is 24.4. The lowest BCUT2D eigenvalue weighted by molar-refractivity contribution is -0.136. The minimum absolute atomic E-state index is 0.0963. The first kappa shape index (κ1) is 23.7. The SMILES string of the molecule is Cc1sc2ncnc(N3CCC(C(=O)N4CCCN(Cc5ccc(C#N)cc5)CC4)CC3)c2c1C. The van der Waals surface area contributed by atoms with Crippen molar-refractivity contribution in [3.8, 4) is 6.07 Å². The Morgan fingerprint density at radius 1 is 1.06 bits per heavy atom. The Bertz CT molecular complexity index is 1240. The van der Waals surface area contributed by atoms with Crippen LogP contribution in [0.15, 0.2) is 30.6 Å². The van der Waals surface area contributed by atoms with Gasteiger partial charge in [-0.05, 0) is 56.4 Å². The molecule has 0 N–H and O–H groups in total. The number of carbonyl (C=O) groups excluding carboxylic acids is 1. The van der Waals surface area contributed by atoms with E-state index in [2.05, 4.69) is 44.6 Å². The number of aryl methyl sites for hydroxylation is 2. The molecule has 0 saturated carbocycles. The highest BCUT2D eigenvalue weighted by Crippen LogP contribution is 2.35. The Morgan fingerprint density at radius 2 is 1.83 bits per heavy atom. The summed E-state index contributed by atoms with van der Waals surface area (Å²) in [5, 5.41) is 10.2. The molecular formula is C27H32N6OS. The van der Waals surface area contributed by atoms with Gasteiger partial charge in [-0.15, -0.1) is 11.3 Å². The summed E-state index contributed by atoms with van der Waals surface area (Å²) >= 11 is 1.73. The van der Waals surface area contributed by atoms with Crippen LogP contribution >= 0.6 is 11.3 Å². The van der Waals surface area contributed by atoms with E-state index in [1.165, 1.54) is 21.4 Å². The van der Waals surface area contributed by atoms with E-state index in [9.17, 15) is 4.79 Å². The maximum absolute atomic E-state index is 13.4. The van der Waals surface area contributed by atoms with Crippen LogP contribution in [-0.2, 0) is 11.3 Å². The van der Waals surface area contributed by atoms with Gasteiger partial charge in [0.2, 0.25) is 5.91 Å². The Morgan fingerprint density at radius 3 is 2.57 bits per heavy atom. The summed E-state index contributed by atoms with van der Waals surface area (Å²) in [6.07, 6.45) is 4.41. The van der Waals surface area contributed by atoms with Crippen molar-refractivity contribution in [2.45, 2.75) is 39.7 Å². The van der Waals surface area contributed by atoms with E-state index < -0.39 is 0 Å². The fraction of sp³-hybridized carbons (Fsp3) is 0.481. The molecule has 1 aromatic carbocycles. The second kappa shape index (κ2) is 10.3. The average Bonchev–Trinajstić information content (AvgIpc) is 3.04. The number of anilines is 1. The van der Waals surface area contributed by atoms with Crippen LogP contribution in [-0.4, -0.2) is 64.9 Å². The molecule has 1 amide bonds. The smallest absolute Gasteiger partial charge is 0.225 e. The van der Waals surface area contributed by atoms with Crippen LogP contribution in [0.25, 0.3) is 10.2 Å². The van der Waals surface area contributed by atoms with Crippen molar-refractivity contribution in [2.24, 2.45) is 5.92 Å². The molecule has 2 aliphatic rings. The van der Waals surface area contributed by atoms with Gasteiger partial charge in [0.15, 0.2) is 0 Å². The molecule has 4 heterocycles. The van der Waals surface area contributed by atoms with Gasteiger partial charge in [-0.1, -0.05) is 12.1 Å². The molecule has 0 aliphatic carbocycles. The molecule has 7 nitrogen and oxygen atoms in total. The summed E-state index contributed by atoms with van der Waals surface area (Å²) in [6, 6.07) is 9.99. The molecule has 0 bridgehead atoms. The Labute approximate surface area is 211 Å². The molecule has 2 saturated heterocycles. The van der Waals surface area contributed by atoms with E-state index in [1.807, 2.05) is 24.3 Å². The first-order chi connectivity index (χ1) is 17.0. The predicted octanol–water partition coefficient (Wildman–Crippen LogP) is 4.13. The summed E-state index contributed by atoms with van der Waals surface area (Å²) in [5.74, 6) is 1.44. The third kappa shape index (κ3) is 5.02. The number of nitrogens with zero attached hydrogens (tertiary/aromatic N) is 6. The fourth-order valence-electron chi connectivity index (χ4n) is 5.29. The number of hydrogen-bond acceptors (Lipinski definition) is 7. The van der Waals surface area contributed by atoms with E-state index in [-0.39, 0.29) is 5.92 Å². The Kier molecular flexibility index (Phi) is 6.98. The van der Waals surface area contributed by atoms with Crippen LogP contribution in [0.3, 0.4) is 0 Å². The molecule has 5 rings (SSSR count). The second-order valence-corrected chi connectivity index (χ2v) is 10.9. The van der Waals surface area contributed by atoms with Crippen molar-refractivity contribution in [1.29, 1.82) is 5.26 Å². The lowest BCUT2D eigenvalue weighted by atomic mass is 9.95. The maximum Gasteiger partial charge on any atom is 0.225 e. The summed E-state index contributed by atoms with van der Waals surface area (Å²) in [4.78, 5) is 31.7. The summed E-state index contributed by atoms with van der Waals surface area (Å²) < 4.78 is 0. The zero-order valence-electron chi connectivity index (χ0n) is 20.5. The number of amides is 1. The highest BCUT2D eigenvalue weighted by atomic mass is 32.1. The number of piperidine rings is 1. The number of rotatable bonds is 4. The summed E-state index contributed by atoms with van der Waals surface area (Å²) in [6.45, 7) is 10.4. The van der Waals surface area contributed by atoms with Crippen molar-refractivity contribution in [1.82, 2.24) is 19.8 Å². The average molecular weight is 489 g/mol. The largest absolute Gasteiger partial charge is 0.356 e. The minimum Gasteiger partial charge on any atom is -0.356 e. The van der Waals surface area contributed by atoms with Crippen molar-refractivity contribution in [3.05, 3.63) is 52.2 Å². The number of benzene rings is 1. The third-order valence-corrected chi connectivity index (χ3v) is 8.59. The molecular weight excluding hydrogens is 456 g/mol. The number of hydrogen-bond donors (Lipinski definition) is 0. The molecule has 3 aromatic rings. The molecule has 2 aliphatic heterocycles. The van der Waals surface area contributed by atoms with Crippen molar-refractivity contribution in [3.63, 3.8) is 0 Å². The minimum atomic E-state index is 0.0963. The second-order valence-electron chi connectivity index (χ2n) is 9.69. The predicted molar refractivity (Wildman–Crippen MR) is 139 cm³/mol. The standard InChI is InChI=1S/C27H32N6OS/c1-19-20(2)35-26-24(19)25(29-18-30-26)32-12-8-23(9-13-32)27(34)33-11-3-10-31(14-15-33)17-22-6-4-21(16-28)5-7-22/h4-7,18,23H,3,8-15,17H2,1-2H3. The van der Waals surface area contributed by atoms with Gasteiger partial charge in [0.1, 0.15) is 17.0 Å². The van der Waals surface area contributed by atoms with E-state index in [1.54, 1.807) is 17.7 Å². The van der Waals surface area contributed by atoms with Crippen LogP contribution < -0.4 is 4.90 Å². The number of thiophene rings is 1. The Hall–Kier alpha value is -3.02. The number of carbonyl (C=O) groups is 1. The summed E-state index contributed by atoms with van der Waals surface area (Å²) in [5.41, 5.74) is 3.18. The van der Waals surface area contributed by atoms with Gasteiger partial charge in [-0.25, -0.2) is 9.97 Å². The van der Waals surface area contributed by atoms with Crippen LogP contribution in [0, 0.1) is 31.1 Å². The van der Waals surface area contributed by atoms with Crippen LogP contribution in [0.1, 0.15) is 40.8 Å². The van der Waals surface area contributed by atoms with Gasteiger partial charge in [0, 0.05) is 56.6 Å². The first-order valence-electron chi connectivity index (χ1n) is 12.5. The Balaban J connectivity index is 1.16. The van der Waals surface area contributed by atoms with Crippen molar-refractivity contribution >= 4 is 33.3 Å². The third-order valence-electron chi connectivity index (χ3n) is 7.48. The van der Waals surface area contributed by atoms with Gasteiger partial charge in [0.05, 0.1) is 17.0 Å². The van der Waals surface area contributed by atoms with Crippen LogP contribution in [0.4, 0.5) is 5.82 Å². The lowest BCUT2D eigenvalue weighted by Gasteiger charge is -2.35. The number of nitriles is 1. The van der Waals surface area contributed by atoms with Crippen LogP contribution in [0.2, 0.25) is 0 Å². The molecule has 0 unspecified atom stereocenters. The molecule has 2 aromatic heterocycles. The van der Waals surface area contributed by atoms with Gasteiger partial charge in [-0.2, -0.15) is 5.26 Å². The van der Waals surface area contributed by atoms with Gasteiger partial charge < -0.3 is 9.80 Å². The highest BCUT2D eigenvalue weighted by molar-refractivity contribution is 7.18. The molecule has 0 spiro atoms. The lowest BCUT2D eigenvalue weighted by Crippen LogP contribution is -2.44. The van der Waals surface area contributed by atoms with Gasteiger partial charge in [-0.3, -0.25) is 9.69 Å². The van der Waals surface area contributed by atoms with E-state index in [0.29, 0.717) is 11.5 Å². The molecule has 182 valence electrons. The first-order valence-corrected chi connectivity index (χ1v) is 13.3. The summed E-state index contributed by atoms with van der Waals surface area (Å²) in [7, 11) is 0. The quantitative estimate of drug-likeness (QED) is 0.550. The number of fused-ring (bicyclic) bond motifs is 1.